The molecule has 2 rings (SSSR count). The van der Waals surface area contributed by atoms with Crippen LogP contribution in [0.5, 0.6) is 0 Å². The van der Waals surface area contributed by atoms with Crippen LogP contribution >= 0.6 is 0 Å². The number of hydrogen-bond donors (Lipinski definition) is 0. The summed E-state index contributed by atoms with van der Waals surface area (Å²) in [5.41, 5.74) is 2.20. The van der Waals surface area contributed by atoms with Crippen molar-refractivity contribution >= 4 is 12.3 Å². The zero-order valence-electron chi connectivity index (χ0n) is 8.65. The van der Waals surface area contributed by atoms with Gasteiger partial charge in [-0.3, -0.25) is 0 Å². The van der Waals surface area contributed by atoms with Gasteiger partial charge in [0.2, 0.25) is 0 Å². The van der Waals surface area contributed by atoms with E-state index in [9.17, 15) is 0 Å². The largest absolute Gasteiger partial charge is 0.391 e. The molecule has 1 aromatic rings. The molecule has 0 unspecified atom stereocenters. The molecule has 77 valence electrons. The topological polar surface area (TPSA) is 21.6 Å². The fourth-order valence-electron chi connectivity index (χ4n) is 1.29. The number of rotatable bonds is 5. The van der Waals surface area contributed by atoms with Crippen molar-refractivity contribution in [3.8, 4) is 0 Å². The summed E-state index contributed by atoms with van der Waals surface area (Å²) in [4.78, 5) is 5.18. The van der Waals surface area contributed by atoms with E-state index in [1.54, 1.807) is 0 Å². The lowest BCUT2D eigenvalue weighted by Crippen LogP contribution is -1.91. The highest BCUT2D eigenvalue weighted by Crippen LogP contribution is 2.26. The van der Waals surface area contributed by atoms with Crippen LogP contribution in [0.25, 0.3) is 6.08 Å². The van der Waals surface area contributed by atoms with Gasteiger partial charge in [0.15, 0.2) is 0 Å². The molecule has 0 atom stereocenters. The average molecular weight is 200 g/mol. The maximum atomic E-state index is 5.18. The first-order chi connectivity index (χ1) is 7.40. The van der Waals surface area contributed by atoms with Crippen molar-refractivity contribution in [2.45, 2.75) is 19.4 Å². The lowest BCUT2D eigenvalue weighted by atomic mass is 10.1. The smallest absolute Gasteiger partial charge is 0.142 e. The highest BCUT2D eigenvalue weighted by atomic mass is 16.6. The third kappa shape index (κ3) is 2.94. The summed E-state index contributed by atoms with van der Waals surface area (Å²) in [5.74, 6) is 0.541. The summed E-state index contributed by atoms with van der Waals surface area (Å²) in [5, 5.41) is 3.82. The Bertz CT molecular complexity index is 367. The summed E-state index contributed by atoms with van der Waals surface area (Å²) in [6.45, 7) is 4.24. The molecule has 0 N–H and O–H groups in total. The van der Waals surface area contributed by atoms with Gasteiger partial charge in [-0.25, -0.2) is 0 Å². The third-order valence-corrected chi connectivity index (χ3v) is 2.37. The Hall–Kier alpha value is -1.57. The van der Waals surface area contributed by atoms with E-state index in [0.717, 1.165) is 11.1 Å². The fourth-order valence-corrected chi connectivity index (χ4v) is 1.29. The maximum absolute atomic E-state index is 5.18. The molecule has 1 fully saturated rings. The molecule has 1 radical (unpaired) electrons. The predicted octanol–water partition coefficient (Wildman–Crippen LogP) is 3.12. The standard InChI is InChI=1S/C13H14NO/c1-2-12-5-3-4-6-13(12)10-15-14-9-11-7-8-11/h2-6,11H,1,7-8,10H2. The van der Waals surface area contributed by atoms with Gasteiger partial charge in [-0.2, -0.15) is 0 Å². The maximum Gasteiger partial charge on any atom is 0.142 e. The second kappa shape index (κ2) is 4.78. The van der Waals surface area contributed by atoms with Gasteiger partial charge in [0, 0.05) is 5.92 Å². The molecule has 1 saturated carbocycles. The van der Waals surface area contributed by atoms with Gasteiger partial charge in [-0.15, -0.1) is 0 Å². The second-order valence-electron chi connectivity index (χ2n) is 3.67. The van der Waals surface area contributed by atoms with E-state index in [4.69, 9.17) is 4.84 Å². The van der Waals surface area contributed by atoms with E-state index in [1.165, 1.54) is 12.8 Å². The van der Waals surface area contributed by atoms with Crippen molar-refractivity contribution in [1.29, 1.82) is 0 Å². The monoisotopic (exact) mass is 200 g/mol. The summed E-state index contributed by atoms with van der Waals surface area (Å²) >= 11 is 0. The molecule has 15 heavy (non-hydrogen) atoms. The first-order valence-electron chi connectivity index (χ1n) is 5.18. The Morgan fingerprint density at radius 2 is 2.27 bits per heavy atom. The number of benzene rings is 1. The van der Waals surface area contributed by atoms with Crippen LogP contribution < -0.4 is 0 Å². The Labute approximate surface area is 90.3 Å². The predicted molar refractivity (Wildman–Crippen MR) is 61.5 cm³/mol. The van der Waals surface area contributed by atoms with E-state index < -0.39 is 0 Å². The van der Waals surface area contributed by atoms with Gasteiger partial charge < -0.3 is 4.84 Å². The Morgan fingerprint density at radius 3 is 3.00 bits per heavy atom. The second-order valence-corrected chi connectivity index (χ2v) is 3.67. The van der Waals surface area contributed by atoms with Crippen molar-refractivity contribution in [2.75, 3.05) is 0 Å². The van der Waals surface area contributed by atoms with Crippen LogP contribution in [0.15, 0.2) is 36.0 Å². The summed E-state index contributed by atoms with van der Waals surface area (Å²) < 4.78 is 0. The molecule has 2 heteroatoms. The van der Waals surface area contributed by atoms with E-state index in [1.807, 2.05) is 30.3 Å². The zero-order valence-corrected chi connectivity index (χ0v) is 8.65. The minimum absolute atomic E-state index is 0.488. The quantitative estimate of drug-likeness (QED) is 0.528. The molecule has 0 aliphatic heterocycles. The minimum atomic E-state index is 0.488. The normalized spacial score (nSPS) is 15.5. The SMILES string of the molecule is C=Cc1ccccc1CO/N=[C]\C1CC1. The van der Waals surface area contributed by atoms with Crippen LogP contribution in [0.1, 0.15) is 24.0 Å². The highest BCUT2D eigenvalue weighted by molar-refractivity contribution is 5.62. The van der Waals surface area contributed by atoms with E-state index in [0.29, 0.717) is 12.5 Å². The molecule has 1 aliphatic carbocycles. The van der Waals surface area contributed by atoms with Crippen molar-refractivity contribution in [3.63, 3.8) is 0 Å². The average Bonchev–Trinajstić information content (AvgIpc) is 3.09. The van der Waals surface area contributed by atoms with Crippen molar-refractivity contribution in [1.82, 2.24) is 0 Å². The molecular formula is C13H14NO. The van der Waals surface area contributed by atoms with Gasteiger partial charge >= 0.3 is 0 Å². The molecule has 0 saturated heterocycles. The van der Waals surface area contributed by atoms with E-state index in [-0.39, 0.29) is 0 Å². The van der Waals surface area contributed by atoms with Crippen molar-refractivity contribution < 1.29 is 4.84 Å². The summed E-state index contributed by atoms with van der Waals surface area (Å²) in [7, 11) is 0. The molecular weight excluding hydrogens is 186 g/mol. The first kappa shape index (κ1) is 9.97. The van der Waals surface area contributed by atoms with Gasteiger partial charge in [-0.05, 0) is 24.0 Å². The van der Waals surface area contributed by atoms with Gasteiger partial charge in [-0.1, -0.05) is 42.1 Å². The first-order valence-corrected chi connectivity index (χ1v) is 5.18. The lowest BCUT2D eigenvalue weighted by molar-refractivity contribution is 0.131. The molecule has 0 heterocycles. The highest BCUT2D eigenvalue weighted by Gasteiger charge is 2.19. The fraction of sp³-hybridized carbons (Fsp3) is 0.308. The Kier molecular flexibility index (Phi) is 3.18. The Balaban J connectivity index is 1.88. The summed E-state index contributed by atoms with van der Waals surface area (Å²) in [6, 6.07) is 8.00. The van der Waals surface area contributed by atoms with Crippen molar-refractivity contribution in [2.24, 2.45) is 11.1 Å². The van der Waals surface area contributed by atoms with Gasteiger partial charge in [0.1, 0.15) is 12.8 Å². The molecule has 0 amide bonds. The number of nitrogens with zero attached hydrogens (tertiary/aromatic N) is 1. The van der Waals surface area contributed by atoms with E-state index in [2.05, 4.69) is 17.9 Å². The molecule has 2 nitrogen and oxygen atoms in total. The molecule has 1 aromatic carbocycles. The van der Waals surface area contributed by atoms with Crippen LogP contribution in [0.3, 0.4) is 0 Å². The summed E-state index contributed by atoms with van der Waals surface area (Å²) in [6.07, 6.45) is 7.18. The van der Waals surface area contributed by atoms with Crippen LogP contribution in [0.4, 0.5) is 0 Å². The van der Waals surface area contributed by atoms with E-state index >= 15 is 0 Å². The Morgan fingerprint density at radius 1 is 1.47 bits per heavy atom. The van der Waals surface area contributed by atoms with Gasteiger partial charge in [0.05, 0.1) is 0 Å². The number of hydrogen-bond acceptors (Lipinski definition) is 2. The van der Waals surface area contributed by atoms with Crippen LogP contribution in [-0.4, -0.2) is 6.21 Å². The van der Waals surface area contributed by atoms with Crippen LogP contribution in [0.2, 0.25) is 0 Å². The van der Waals surface area contributed by atoms with Crippen LogP contribution in [-0.2, 0) is 11.4 Å². The van der Waals surface area contributed by atoms with Crippen molar-refractivity contribution in [3.05, 3.63) is 42.0 Å². The van der Waals surface area contributed by atoms with Gasteiger partial charge in [0.25, 0.3) is 0 Å². The van der Waals surface area contributed by atoms with Crippen LogP contribution in [0, 0.1) is 5.92 Å². The lowest BCUT2D eigenvalue weighted by Gasteiger charge is -2.03. The zero-order chi connectivity index (χ0) is 10.5. The molecule has 0 aromatic heterocycles. The third-order valence-electron chi connectivity index (χ3n) is 2.37. The molecule has 1 aliphatic rings. The molecule has 0 spiro atoms. The molecule has 0 bridgehead atoms. The minimum Gasteiger partial charge on any atom is -0.391 e.